The van der Waals surface area contributed by atoms with Crippen molar-refractivity contribution in [2.45, 2.75) is 19.4 Å². The van der Waals surface area contributed by atoms with E-state index in [4.69, 9.17) is 23.2 Å². The van der Waals surface area contributed by atoms with Crippen LogP contribution in [0.2, 0.25) is 10.0 Å². The Morgan fingerprint density at radius 3 is 2.58 bits per heavy atom. The molecule has 1 aliphatic heterocycles. The molecule has 1 aromatic heterocycles. The van der Waals surface area contributed by atoms with Gasteiger partial charge >= 0.3 is 0 Å². The maximum Gasteiger partial charge on any atom is 0.0465 e. The molecule has 1 aliphatic rings. The first kappa shape index (κ1) is 13.4. The van der Waals surface area contributed by atoms with Crippen molar-refractivity contribution < 1.29 is 0 Å². The standard InChI is InChI=1S/C15H15Cl2NS/c16-13-2-1-3-14(17)12(13)10-18-7-4-11-6-9-19-15(11)5-8-18/h1-3,6,9H,4-5,7-8,10H2. The highest BCUT2D eigenvalue weighted by atomic mass is 35.5. The van der Waals surface area contributed by atoms with Crippen LogP contribution in [-0.4, -0.2) is 18.0 Å². The topological polar surface area (TPSA) is 3.24 Å². The zero-order valence-electron chi connectivity index (χ0n) is 10.5. The van der Waals surface area contributed by atoms with Gasteiger partial charge in [-0.3, -0.25) is 4.90 Å². The molecule has 100 valence electrons. The predicted molar refractivity (Wildman–Crippen MR) is 83.5 cm³/mol. The van der Waals surface area contributed by atoms with Crippen LogP contribution in [0.15, 0.2) is 29.6 Å². The van der Waals surface area contributed by atoms with Crippen molar-refractivity contribution in [1.29, 1.82) is 0 Å². The molecule has 0 saturated carbocycles. The second-order valence-corrected chi connectivity index (χ2v) is 6.66. The number of nitrogens with zero attached hydrogens (tertiary/aromatic N) is 1. The summed E-state index contributed by atoms with van der Waals surface area (Å²) in [4.78, 5) is 3.98. The fraction of sp³-hybridized carbons (Fsp3) is 0.333. The van der Waals surface area contributed by atoms with Crippen LogP contribution in [0.3, 0.4) is 0 Å². The van der Waals surface area contributed by atoms with Crippen LogP contribution in [0.4, 0.5) is 0 Å². The molecule has 0 aliphatic carbocycles. The summed E-state index contributed by atoms with van der Waals surface area (Å²) in [6, 6.07) is 7.98. The normalized spacial score (nSPS) is 16.1. The quantitative estimate of drug-likeness (QED) is 0.780. The van der Waals surface area contributed by atoms with Crippen molar-refractivity contribution in [3.8, 4) is 0 Å². The smallest absolute Gasteiger partial charge is 0.0465 e. The van der Waals surface area contributed by atoms with Crippen LogP contribution < -0.4 is 0 Å². The van der Waals surface area contributed by atoms with Crippen LogP contribution in [0, 0.1) is 0 Å². The van der Waals surface area contributed by atoms with Crippen molar-refractivity contribution in [3.05, 3.63) is 55.7 Å². The Bertz CT molecular complexity index is 537. The van der Waals surface area contributed by atoms with E-state index in [2.05, 4.69) is 16.3 Å². The molecular formula is C15H15Cl2NS. The third-order valence-corrected chi connectivity index (χ3v) is 5.36. The number of hydrogen-bond donors (Lipinski definition) is 0. The van der Waals surface area contributed by atoms with E-state index < -0.39 is 0 Å². The molecule has 0 bridgehead atoms. The lowest BCUT2D eigenvalue weighted by molar-refractivity contribution is 0.279. The lowest BCUT2D eigenvalue weighted by Gasteiger charge is -2.21. The van der Waals surface area contributed by atoms with Gasteiger partial charge in [-0.05, 0) is 42.0 Å². The van der Waals surface area contributed by atoms with E-state index in [-0.39, 0.29) is 0 Å². The summed E-state index contributed by atoms with van der Waals surface area (Å²) in [5.74, 6) is 0. The van der Waals surface area contributed by atoms with Gasteiger partial charge in [0, 0.05) is 40.1 Å². The van der Waals surface area contributed by atoms with E-state index in [0.717, 1.165) is 48.1 Å². The van der Waals surface area contributed by atoms with Crippen molar-refractivity contribution in [2.24, 2.45) is 0 Å². The number of halogens is 2. The van der Waals surface area contributed by atoms with E-state index in [1.807, 2.05) is 29.5 Å². The van der Waals surface area contributed by atoms with E-state index in [0.29, 0.717) is 0 Å². The minimum atomic E-state index is 0.770. The molecular weight excluding hydrogens is 297 g/mol. The third kappa shape index (κ3) is 2.97. The Labute approximate surface area is 127 Å². The van der Waals surface area contributed by atoms with Gasteiger partial charge in [-0.1, -0.05) is 29.3 Å². The fourth-order valence-corrected chi connectivity index (χ4v) is 3.97. The Morgan fingerprint density at radius 1 is 1.05 bits per heavy atom. The Balaban J connectivity index is 1.73. The molecule has 0 atom stereocenters. The molecule has 19 heavy (non-hydrogen) atoms. The summed E-state index contributed by atoms with van der Waals surface area (Å²) < 4.78 is 0. The van der Waals surface area contributed by atoms with E-state index in [9.17, 15) is 0 Å². The van der Waals surface area contributed by atoms with E-state index in [1.165, 1.54) is 10.4 Å². The highest BCUT2D eigenvalue weighted by Gasteiger charge is 2.16. The van der Waals surface area contributed by atoms with Gasteiger partial charge in [0.25, 0.3) is 0 Å². The minimum absolute atomic E-state index is 0.770. The summed E-state index contributed by atoms with van der Waals surface area (Å²) in [5.41, 5.74) is 2.56. The SMILES string of the molecule is Clc1cccc(Cl)c1CN1CCc2ccsc2CC1. The molecule has 1 aromatic carbocycles. The summed E-state index contributed by atoms with van der Waals surface area (Å²) in [6.45, 7) is 2.99. The molecule has 3 rings (SSSR count). The molecule has 0 unspecified atom stereocenters. The van der Waals surface area contributed by atoms with Crippen LogP contribution in [-0.2, 0) is 19.4 Å². The van der Waals surface area contributed by atoms with Gasteiger partial charge in [-0.25, -0.2) is 0 Å². The number of thiophene rings is 1. The van der Waals surface area contributed by atoms with Gasteiger partial charge in [0.1, 0.15) is 0 Å². The average Bonchev–Trinajstić information content (AvgIpc) is 2.76. The highest BCUT2D eigenvalue weighted by Crippen LogP contribution is 2.27. The first-order valence-electron chi connectivity index (χ1n) is 6.44. The number of benzene rings is 1. The van der Waals surface area contributed by atoms with Gasteiger partial charge in [0.2, 0.25) is 0 Å². The van der Waals surface area contributed by atoms with Crippen LogP contribution in [0.25, 0.3) is 0 Å². The monoisotopic (exact) mass is 311 g/mol. The predicted octanol–water partition coefficient (Wildman–Crippen LogP) is 4.66. The molecule has 0 radical (unpaired) electrons. The lowest BCUT2D eigenvalue weighted by atomic mass is 10.2. The van der Waals surface area contributed by atoms with Gasteiger partial charge in [0.05, 0.1) is 0 Å². The van der Waals surface area contributed by atoms with Gasteiger partial charge in [0.15, 0.2) is 0 Å². The summed E-state index contributed by atoms with van der Waals surface area (Å²) in [6.07, 6.45) is 2.26. The average molecular weight is 312 g/mol. The van der Waals surface area contributed by atoms with Crippen molar-refractivity contribution in [3.63, 3.8) is 0 Å². The molecule has 0 saturated heterocycles. The first-order chi connectivity index (χ1) is 9.24. The summed E-state index contributed by atoms with van der Waals surface area (Å²) in [5, 5.41) is 3.74. The molecule has 0 fully saturated rings. The Hall–Kier alpha value is -0.540. The van der Waals surface area contributed by atoms with Gasteiger partial charge < -0.3 is 0 Å². The summed E-state index contributed by atoms with van der Waals surface area (Å²) in [7, 11) is 0. The molecule has 2 aromatic rings. The van der Waals surface area contributed by atoms with Crippen LogP contribution in [0.5, 0.6) is 0 Å². The van der Waals surface area contributed by atoms with Crippen molar-refractivity contribution >= 4 is 34.5 Å². The zero-order chi connectivity index (χ0) is 13.2. The molecule has 0 N–H and O–H groups in total. The van der Waals surface area contributed by atoms with Crippen molar-refractivity contribution in [1.82, 2.24) is 4.90 Å². The molecule has 0 amide bonds. The molecule has 0 spiro atoms. The minimum Gasteiger partial charge on any atom is -0.298 e. The molecule has 2 heterocycles. The van der Waals surface area contributed by atoms with Gasteiger partial charge in [-0.15, -0.1) is 11.3 Å². The Morgan fingerprint density at radius 2 is 1.79 bits per heavy atom. The third-order valence-electron chi connectivity index (χ3n) is 3.63. The van der Waals surface area contributed by atoms with E-state index in [1.54, 1.807) is 0 Å². The summed E-state index contributed by atoms with van der Waals surface area (Å²) >= 11 is 14.4. The van der Waals surface area contributed by atoms with E-state index >= 15 is 0 Å². The van der Waals surface area contributed by atoms with Crippen LogP contribution >= 0.6 is 34.5 Å². The lowest BCUT2D eigenvalue weighted by Crippen LogP contribution is -2.26. The Kier molecular flexibility index (Phi) is 4.13. The highest BCUT2D eigenvalue weighted by molar-refractivity contribution is 7.10. The maximum absolute atomic E-state index is 6.25. The zero-order valence-corrected chi connectivity index (χ0v) is 12.9. The molecule has 1 nitrogen and oxygen atoms in total. The maximum atomic E-state index is 6.25. The van der Waals surface area contributed by atoms with Crippen LogP contribution in [0.1, 0.15) is 16.0 Å². The van der Waals surface area contributed by atoms with Gasteiger partial charge in [-0.2, -0.15) is 0 Å². The second kappa shape index (κ2) is 5.84. The largest absolute Gasteiger partial charge is 0.298 e. The first-order valence-corrected chi connectivity index (χ1v) is 8.08. The number of fused-ring (bicyclic) bond motifs is 1. The molecule has 4 heteroatoms. The fourth-order valence-electron chi connectivity index (χ4n) is 2.52. The number of rotatable bonds is 2. The second-order valence-electron chi connectivity index (χ2n) is 4.85. The van der Waals surface area contributed by atoms with Crippen molar-refractivity contribution in [2.75, 3.05) is 13.1 Å². The number of hydrogen-bond acceptors (Lipinski definition) is 2.